The molecule has 0 fully saturated rings. The maximum Gasteiger partial charge on any atom is 0.0648 e. The molecule has 0 amide bonds. The van der Waals surface area contributed by atoms with Crippen molar-refractivity contribution >= 4 is 0 Å². The topological polar surface area (TPSA) is 50.1 Å². The lowest BCUT2D eigenvalue weighted by Gasteiger charge is -2.19. The zero-order chi connectivity index (χ0) is 13.7. The largest absolute Gasteiger partial charge is 0.396 e. The van der Waals surface area contributed by atoms with Crippen molar-refractivity contribution in [1.29, 1.82) is 0 Å². The van der Waals surface area contributed by atoms with Crippen LogP contribution in [0.2, 0.25) is 0 Å². The number of hydrogen-bond acceptors (Lipinski definition) is 3. The highest BCUT2D eigenvalue weighted by Gasteiger charge is 2.10. The summed E-state index contributed by atoms with van der Waals surface area (Å²) in [5, 5.41) is 16.8. The van der Waals surface area contributed by atoms with Crippen LogP contribution in [0.25, 0.3) is 5.69 Å². The van der Waals surface area contributed by atoms with Crippen LogP contribution < -0.4 is 5.32 Å². The van der Waals surface area contributed by atoms with Gasteiger partial charge in [-0.05, 0) is 36.6 Å². The molecule has 2 aromatic rings. The van der Waals surface area contributed by atoms with Crippen LogP contribution in [-0.2, 0) is 6.54 Å². The van der Waals surface area contributed by atoms with Crippen LogP contribution in [0.3, 0.4) is 0 Å². The number of aliphatic hydroxyl groups excluding tert-OH is 1. The van der Waals surface area contributed by atoms with Gasteiger partial charge in [0.2, 0.25) is 0 Å². The van der Waals surface area contributed by atoms with Gasteiger partial charge in [0.25, 0.3) is 0 Å². The fraction of sp³-hybridized carbons (Fsp3) is 0.400. The second-order valence-corrected chi connectivity index (χ2v) is 4.95. The molecule has 4 heteroatoms. The second-order valence-electron chi connectivity index (χ2n) is 4.95. The molecular formula is C15H21N3O. The quantitative estimate of drug-likeness (QED) is 0.834. The van der Waals surface area contributed by atoms with Crippen LogP contribution in [0.5, 0.6) is 0 Å². The molecule has 1 heterocycles. The van der Waals surface area contributed by atoms with E-state index in [1.54, 1.807) is 6.20 Å². The lowest BCUT2D eigenvalue weighted by atomic mass is 10.0. The molecule has 0 aliphatic carbocycles. The van der Waals surface area contributed by atoms with Gasteiger partial charge in [-0.25, -0.2) is 4.68 Å². The van der Waals surface area contributed by atoms with Crippen LogP contribution in [0.15, 0.2) is 42.7 Å². The summed E-state index contributed by atoms with van der Waals surface area (Å²) in [4.78, 5) is 0. The monoisotopic (exact) mass is 259 g/mol. The minimum atomic E-state index is 0.210. The van der Waals surface area contributed by atoms with Gasteiger partial charge in [0.15, 0.2) is 0 Å². The number of hydrogen-bond donors (Lipinski definition) is 2. The first-order chi connectivity index (χ1) is 9.20. The fourth-order valence-electron chi connectivity index (χ4n) is 1.87. The van der Waals surface area contributed by atoms with Crippen molar-refractivity contribution in [2.45, 2.75) is 26.4 Å². The number of nitrogens with one attached hydrogen (secondary N) is 1. The summed E-state index contributed by atoms with van der Waals surface area (Å²) in [6.07, 6.45) is 3.71. The minimum Gasteiger partial charge on any atom is -0.396 e. The van der Waals surface area contributed by atoms with E-state index in [2.05, 4.69) is 29.5 Å². The van der Waals surface area contributed by atoms with E-state index in [1.165, 1.54) is 5.56 Å². The first kappa shape index (κ1) is 13.8. The molecule has 0 spiro atoms. The number of aliphatic hydroxyl groups is 1. The summed E-state index contributed by atoms with van der Waals surface area (Å²) in [5.74, 6) is 0.259. The highest BCUT2D eigenvalue weighted by molar-refractivity contribution is 5.34. The Bertz CT molecular complexity index is 496. The summed E-state index contributed by atoms with van der Waals surface area (Å²) < 4.78 is 1.85. The third-order valence-corrected chi connectivity index (χ3v) is 3.45. The molecule has 2 N–H and O–H groups in total. The summed E-state index contributed by atoms with van der Waals surface area (Å²) in [6.45, 7) is 5.14. The van der Waals surface area contributed by atoms with Gasteiger partial charge in [0.05, 0.1) is 5.69 Å². The van der Waals surface area contributed by atoms with E-state index in [0.29, 0.717) is 6.04 Å². The Balaban J connectivity index is 2.00. The number of rotatable bonds is 6. The zero-order valence-electron chi connectivity index (χ0n) is 11.5. The Hall–Kier alpha value is -1.65. The molecule has 19 heavy (non-hydrogen) atoms. The number of benzene rings is 1. The summed E-state index contributed by atoms with van der Waals surface area (Å²) in [7, 11) is 0. The van der Waals surface area contributed by atoms with Crippen molar-refractivity contribution < 1.29 is 5.11 Å². The first-order valence-electron chi connectivity index (χ1n) is 6.64. The highest BCUT2D eigenvalue weighted by atomic mass is 16.3. The molecule has 0 aliphatic rings. The van der Waals surface area contributed by atoms with Crippen molar-refractivity contribution in [3.05, 3.63) is 48.3 Å². The highest BCUT2D eigenvalue weighted by Crippen LogP contribution is 2.10. The number of nitrogens with zero attached hydrogens (tertiary/aromatic N) is 2. The molecular weight excluding hydrogens is 238 g/mol. The van der Waals surface area contributed by atoms with E-state index >= 15 is 0 Å². The van der Waals surface area contributed by atoms with Crippen LogP contribution in [-0.4, -0.2) is 27.5 Å². The van der Waals surface area contributed by atoms with E-state index in [9.17, 15) is 0 Å². The average Bonchev–Trinajstić information content (AvgIpc) is 2.98. The lowest BCUT2D eigenvalue weighted by Crippen LogP contribution is -2.33. The van der Waals surface area contributed by atoms with Crippen molar-refractivity contribution in [3.8, 4) is 5.69 Å². The van der Waals surface area contributed by atoms with E-state index in [1.807, 2.05) is 36.0 Å². The predicted molar refractivity (Wildman–Crippen MR) is 76.1 cm³/mol. The van der Waals surface area contributed by atoms with Gasteiger partial charge in [0.1, 0.15) is 0 Å². The molecule has 2 rings (SSSR count). The standard InChI is InChI=1S/C15H21N3O/c1-12(11-19)13(2)16-10-14-5-3-6-15(9-14)18-8-4-7-17-18/h3-9,12-13,16,19H,10-11H2,1-2H3. The van der Waals surface area contributed by atoms with Gasteiger partial charge in [-0.3, -0.25) is 0 Å². The van der Waals surface area contributed by atoms with Gasteiger partial charge in [-0.1, -0.05) is 19.1 Å². The van der Waals surface area contributed by atoms with E-state index in [4.69, 9.17) is 5.11 Å². The van der Waals surface area contributed by atoms with Crippen molar-refractivity contribution in [1.82, 2.24) is 15.1 Å². The Morgan fingerprint density at radius 3 is 2.84 bits per heavy atom. The van der Waals surface area contributed by atoms with Crippen LogP contribution in [0.4, 0.5) is 0 Å². The lowest BCUT2D eigenvalue weighted by molar-refractivity contribution is 0.207. The fourth-order valence-corrected chi connectivity index (χ4v) is 1.87. The molecule has 2 unspecified atom stereocenters. The maximum atomic E-state index is 9.12. The molecule has 2 atom stereocenters. The van der Waals surface area contributed by atoms with Gasteiger partial charge >= 0.3 is 0 Å². The molecule has 0 aliphatic heterocycles. The Labute approximate surface area is 114 Å². The summed E-state index contributed by atoms with van der Waals surface area (Å²) in [6, 6.07) is 10.5. The Morgan fingerprint density at radius 2 is 2.16 bits per heavy atom. The average molecular weight is 259 g/mol. The summed E-state index contributed by atoms with van der Waals surface area (Å²) >= 11 is 0. The van der Waals surface area contributed by atoms with E-state index in [0.717, 1.165) is 12.2 Å². The summed E-state index contributed by atoms with van der Waals surface area (Å²) in [5.41, 5.74) is 2.28. The SMILES string of the molecule is CC(CO)C(C)NCc1cccc(-n2cccn2)c1. The van der Waals surface area contributed by atoms with Gasteiger partial charge in [-0.15, -0.1) is 0 Å². The van der Waals surface area contributed by atoms with Crippen molar-refractivity contribution in [2.75, 3.05) is 6.61 Å². The van der Waals surface area contributed by atoms with Gasteiger partial charge < -0.3 is 10.4 Å². The second kappa shape index (κ2) is 6.50. The molecule has 1 aromatic heterocycles. The molecule has 0 radical (unpaired) electrons. The van der Waals surface area contributed by atoms with Crippen molar-refractivity contribution in [3.63, 3.8) is 0 Å². The van der Waals surface area contributed by atoms with Gasteiger partial charge in [-0.2, -0.15) is 5.10 Å². The van der Waals surface area contributed by atoms with Crippen LogP contribution in [0.1, 0.15) is 19.4 Å². The third-order valence-electron chi connectivity index (χ3n) is 3.45. The molecule has 4 nitrogen and oxygen atoms in total. The maximum absolute atomic E-state index is 9.12. The van der Waals surface area contributed by atoms with Gasteiger partial charge in [0, 0.05) is 31.6 Å². The van der Waals surface area contributed by atoms with Crippen LogP contribution >= 0.6 is 0 Å². The molecule has 0 bridgehead atoms. The van der Waals surface area contributed by atoms with E-state index in [-0.39, 0.29) is 12.5 Å². The molecule has 0 saturated carbocycles. The predicted octanol–water partition coefficient (Wildman–Crippen LogP) is 1.98. The smallest absolute Gasteiger partial charge is 0.0648 e. The van der Waals surface area contributed by atoms with Crippen molar-refractivity contribution in [2.24, 2.45) is 5.92 Å². The number of aromatic nitrogens is 2. The first-order valence-corrected chi connectivity index (χ1v) is 6.64. The molecule has 1 aromatic carbocycles. The minimum absolute atomic E-state index is 0.210. The third kappa shape index (κ3) is 3.66. The normalized spacial score (nSPS) is 14.3. The zero-order valence-corrected chi connectivity index (χ0v) is 11.5. The Kier molecular flexibility index (Phi) is 4.71. The van der Waals surface area contributed by atoms with E-state index < -0.39 is 0 Å². The Morgan fingerprint density at radius 1 is 1.32 bits per heavy atom. The molecule has 0 saturated heterocycles. The molecule has 102 valence electrons. The van der Waals surface area contributed by atoms with Crippen LogP contribution in [0, 0.1) is 5.92 Å².